The van der Waals surface area contributed by atoms with Crippen molar-refractivity contribution >= 4 is 28.9 Å². The summed E-state index contributed by atoms with van der Waals surface area (Å²) < 4.78 is 11.3. The lowest BCUT2D eigenvalue weighted by Gasteiger charge is -2.15. The van der Waals surface area contributed by atoms with Crippen molar-refractivity contribution in [2.45, 2.75) is 52.9 Å². The largest absolute Gasteiger partial charge is 0.462 e. The number of oxazole rings is 1. The standard InChI is InChI=1S/C27H31NO4/c1-4-7-10-19(5-2)18-31-27(30)22(24(29)6-3)17-20-13-15-21(16-14-20)26-28-23-11-8-9-12-25(23)32-26/h8-9,11-17,19H,4-7,10,18H2,1-3H3/b22-17+. The minimum atomic E-state index is -0.546. The summed E-state index contributed by atoms with van der Waals surface area (Å²) in [6, 6.07) is 15.0. The number of carbonyl (C=O) groups excluding carboxylic acids is 2. The van der Waals surface area contributed by atoms with Gasteiger partial charge in [-0.15, -0.1) is 0 Å². The quantitative estimate of drug-likeness (QED) is 0.147. The summed E-state index contributed by atoms with van der Waals surface area (Å²) in [6.45, 7) is 6.34. The highest BCUT2D eigenvalue weighted by atomic mass is 16.5. The Bertz CT molecular complexity index is 1050. The minimum Gasteiger partial charge on any atom is -0.462 e. The van der Waals surface area contributed by atoms with E-state index < -0.39 is 5.97 Å². The van der Waals surface area contributed by atoms with E-state index in [1.807, 2.05) is 48.5 Å². The molecule has 2 aromatic carbocycles. The number of aromatic nitrogens is 1. The van der Waals surface area contributed by atoms with E-state index in [1.165, 1.54) is 0 Å². The molecule has 32 heavy (non-hydrogen) atoms. The predicted octanol–water partition coefficient (Wildman–Crippen LogP) is 6.62. The lowest BCUT2D eigenvalue weighted by molar-refractivity contribution is -0.141. The van der Waals surface area contributed by atoms with Gasteiger partial charge in [0.25, 0.3) is 0 Å². The zero-order valence-corrected chi connectivity index (χ0v) is 19.1. The highest BCUT2D eigenvalue weighted by Gasteiger charge is 2.20. The van der Waals surface area contributed by atoms with Crippen LogP contribution in [-0.4, -0.2) is 23.3 Å². The average molecular weight is 434 g/mol. The van der Waals surface area contributed by atoms with E-state index in [0.29, 0.717) is 18.4 Å². The Balaban J connectivity index is 1.75. The van der Waals surface area contributed by atoms with Gasteiger partial charge in [0.15, 0.2) is 11.4 Å². The third-order valence-electron chi connectivity index (χ3n) is 5.60. The third kappa shape index (κ3) is 5.94. The SMILES string of the molecule is CCCCC(CC)COC(=O)/C(=C/c1ccc(-c2nc3ccccc3o2)cc1)C(=O)CC. The number of fused-ring (bicyclic) bond motifs is 1. The Morgan fingerprint density at radius 3 is 2.47 bits per heavy atom. The lowest BCUT2D eigenvalue weighted by atomic mass is 10.0. The molecular weight excluding hydrogens is 402 g/mol. The summed E-state index contributed by atoms with van der Waals surface area (Å²) in [7, 11) is 0. The van der Waals surface area contributed by atoms with Crippen molar-refractivity contribution in [2.75, 3.05) is 6.61 Å². The van der Waals surface area contributed by atoms with Gasteiger partial charge in [0.05, 0.1) is 6.61 Å². The number of esters is 1. The number of unbranched alkanes of at least 4 members (excludes halogenated alkanes) is 1. The second kappa shape index (κ2) is 11.4. The highest BCUT2D eigenvalue weighted by Crippen LogP contribution is 2.25. The molecule has 0 bridgehead atoms. The molecule has 0 radical (unpaired) electrons. The second-order valence-electron chi connectivity index (χ2n) is 7.96. The number of rotatable bonds is 11. The summed E-state index contributed by atoms with van der Waals surface area (Å²) in [5.74, 6) is 0.0885. The number of ether oxygens (including phenoxy) is 1. The maximum absolute atomic E-state index is 12.7. The van der Waals surface area contributed by atoms with Crippen LogP contribution >= 0.6 is 0 Å². The number of para-hydroxylation sites is 2. The van der Waals surface area contributed by atoms with Crippen molar-refractivity contribution in [3.8, 4) is 11.5 Å². The molecule has 0 N–H and O–H groups in total. The van der Waals surface area contributed by atoms with Gasteiger partial charge < -0.3 is 9.15 Å². The fourth-order valence-electron chi connectivity index (χ4n) is 3.50. The summed E-state index contributed by atoms with van der Waals surface area (Å²) in [5, 5.41) is 0. The van der Waals surface area contributed by atoms with Crippen molar-refractivity contribution in [3.63, 3.8) is 0 Å². The molecule has 0 fully saturated rings. The van der Waals surface area contributed by atoms with Crippen LogP contribution in [0.25, 0.3) is 28.6 Å². The Hall–Kier alpha value is -3.21. The molecule has 0 saturated carbocycles. The normalized spacial score (nSPS) is 12.7. The molecule has 1 atom stereocenters. The Morgan fingerprint density at radius 1 is 1.06 bits per heavy atom. The molecule has 1 unspecified atom stereocenters. The molecule has 3 rings (SSSR count). The van der Waals surface area contributed by atoms with Gasteiger partial charge in [0, 0.05) is 12.0 Å². The van der Waals surface area contributed by atoms with Gasteiger partial charge in [0.2, 0.25) is 5.89 Å². The molecule has 0 aliphatic carbocycles. The molecule has 168 valence electrons. The van der Waals surface area contributed by atoms with Gasteiger partial charge in [-0.2, -0.15) is 0 Å². The van der Waals surface area contributed by atoms with Crippen LogP contribution in [0.4, 0.5) is 0 Å². The van der Waals surface area contributed by atoms with Gasteiger partial charge in [0.1, 0.15) is 11.1 Å². The van der Waals surface area contributed by atoms with Crippen LogP contribution < -0.4 is 0 Å². The smallest absolute Gasteiger partial charge is 0.341 e. The van der Waals surface area contributed by atoms with Gasteiger partial charge in [-0.05, 0) is 48.2 Å². The lowest BCUT2D eigenvalue weighted by Crippen LogP contribution is -2.19. The monoisotopic (exact) mass is 433 g/mol. The number of benzene rings is 2. The highest BCUT2D eigenvalue weighted by molar-refractivity contribution is 6.20. The molecule has 1 aromatic heterocycles. The summed E-state index contributed by atoms with van der Waals surface area (Å²) in [6.07, 6.45) is 6.05. The maximum atomic E-state index is 12.7. The van der Waals surface area contributed by atoms with Crippen LogP contribution in [-0.2, 0) is 14.3 Å². The van der Waals surface area contributed by atoms with E-state index in [9.17, 15) is 9.59 Å². The first-order chi connectivity index (χ1) is 15.5. The zero-order chi connectivity index (χ0) is 22.9. The predicted molar refractivity (Wildman–Crippen MR) is 127 cm³/mol. The van der Waals surface area contributed by atoms with Crippen LogP contribution in [0.5, 0.6) is 0 Å². The first-order valence-corrected chi connectivity index (χ1v) is 11.4. The topological polar surface area (TPSA) is 69.4 Å². The van der Waals surface area contributed by atoms with Crippen LogP contribution in [0.15, 0.2) is 58.5 Å². The van der Waals surface area contributed by atoms with E-state index in [-0.39, 0.29) is 17.8 Å². The molecule has 0 aliphatic heterocycles. The summed E-state index contributed by atoms with van der Waals surface area (Å²) >= 11 is 0. The van der Waals surface area contributed by atoms with Crippen molar-refractivity contribution in [3.05, 3.63) is 59.7 Å². The zero-order valence-electron chi connectivity index (χ0n) is 19.1. The van der Waals surface area contributed by atoms with E-state index >= 15 is 0 Å². The van der Waals surface area contributed by atoms with Gasteiger partial charge >= 0.3 is 5.97 Å². The van der Waals surface area contributed by atoms with E-state index in [4.69, 9.17) is 9.15 Å². The molecule has 0 saturated heterocycles. The average Bonchev–Trinajstić information content (AvgIpc) is 3.26. The molecule has 0 amide bonds. The fraction of sp³-hybridized carbons (Fsp3) is 0.370. The first kappa shape index (κ1) is 23.5. The van der Waals surface area contributed by atoms with Crippen LogP contribution in [0.2, 0.25) is 0 Å². The maximum Gasteiger partial charge on any atom is 0.341 e. The molecule has 0 aliphatic rings. The fourth-order valence-corrected chi connectivity index (χ4v) is 3.50. The third-order valence-corrected chi connectivity index (χ3v) is 5.60. The van der Waals surface area contributed by atoms with Crippen LogP contribution in [0.3, 0.4) is 0 Å². The van der Waals surface area contributed by atoms with Crippen molar-refractivity contribution in [1.29, 1.82) is 0 Å². The number of nitrogens with zero attached hydrogens (tertiary/aromatic N) is 1. The Labute approximate surface area is 189 Å². The van der Waals surface area contributed by atoms with Crippen molar-refractivity contribution in [2.24, 2.45) is 5.92 Å². The second-order valence-corrected chi connectivity index (χ2v) is 7.96. The van der Waals surface area contributed by atoms with E-state index in [0.717, 1.165) is 47.9 Å². The molecule has 5 heteroatoms. The van der Waals surface area contributed by atoms with Crippen LogP contribution in [0.1, 0.15) is 58.4 Å². The molecular formula is C27H31NO4. The van der Waals surface area contributed by atoms with Gasteiger partial charge in [-0.3, -0.25) is 4.79 Å². The molecule has 1 heterocycles. The Morgan fingerprint density at radius 2 is 1.81 bits per heavy atom. The Kier molecular flexibility index (Phi) is 8.37. The van der Waals surface area contributed by atoms with Crippen molar-refractivity contribution in [1.82, 2.24) is 4.98 Å². The molecule has 0 spiro atoms. The van der Waals surface area contributed by atoms with E-state index in [2.05, 4.69) is 18.8 Å². The number of hydrogen-bond donors (Lipinski definition) is 0. The minimum absolute atomic E-state index is 0.0902. The number of hydrogen-bond acceptors (Lipinski definition) is 5. The summed E-state index contributed by atoms with van der Waals surface area (Å²) in [4.78, 5) is 29.6. The summed E-state index contributed by atoms with van der Waals surface area (Å²) in [5.41, 5.74) is 3.19. The van der Waals surface area contributed by atoms with Crippen LogP contribution in [0, 0.1) is 5.92 Å². The number of carbonyl (C=O) groups is 2. The number of Topliss-reactive ketones (excluding diaryl/α,β-unsaturated/α-hetero) is 1. The van der Waals surface area contributed by atoms with Crippen molar-refractivity contribution < 1.29 is 18.7 Å². The molecule has 5 nitrogen and oxygen atoms in total. The number of ketones is 1. The van der Waals surface area contributed by atoms with E-state index in [1.54, 1.807) is 13.0 Å². The first-order valence-electron chi connectivity index (χ1n) is 11.4. The van der Waals surface area contributed by atoms with Gasteiger partial charge in [-0.1, -0.05) is 64.3 Å². The molecule has 3 aromatic rings. The van der Waals surface area contributed by atoms with Gasteiger partial charge in [-0.25, -0.2) is 9.78 Å².